The number of carbonyl (C=O) groups excluding carboxylic acids is 1. The fraction of sp³-hybridized carbons (Fsp3) is 0.333. The van der Waals surface area contributed by atoms with Crippen molar-refractivity contribution in [3.63, 3.8) is 0 Å². The summed E-state index contributed by atoms with van der Waals surface area (Å²) in [6.07, 6.45) is 0.729. The lowest BCUT2D eigenvalue weighted by Gasteiger charge is -2.18. The molecule has 0 aliphatic heterocycles. The molecule has 1 aromatic carbocycles. The predicted molar refractivity (Wildman–Crippen MR) is 81.3 cm³/mol. The standard InChI is InChI=1S/C15H18BrNO3/c1-4-13(11-5-7-12(16)8-6-11)17-14(18)9(2)10(3)15(19)20/h5-8,13H,4H2,1-3H3,(H,17,18)(H,19,20). The highest BCUT2D eigenvalue weighted by atomic mass is 79.9. The Kier molecular flexibility index (Phi) is 5.95. The summed E-state index contributed by atoms with van der Waals surface area (Å²) in [6.45, 7) is 4.92. The molecule has 1 aromatic rings. The summed E-state index contributed by atoms with van der Waals surface area (Å²) in [6, 6.07) is 7.56. The molecule has 1 rings (SSSR count). The lowest BCUT2D eigenvalue weighted by Crippen LogP contribution is -2.29. The minimum absolute atomic E-state index is 0.0631. The first-order chi connectivity index (χ1) is 9.36. The molecule has 0 aromatic heterocycles. The summed E-state index contributed by atoms with van der Waals surface area (Å²) in [4.78, 5) is 22.9. The van der Waals surface area contributed by atoms with E-state index in [1.54, 1.807) is 0 Å². The highest BCUT2D eigenvalue weighted by Crippen LogP contribution is 2.20. The van der Waals surface area contributed by atoms with E-state index in [1.165, 1.54) is 13.8 Å². The van der Waals surface area contributed by atoms with E-state index in [0.717, 1.165) is 16.5 Å². The first-order valence-electron chi connectivity index (χ1n) is 6.33. The third-order valence-electron chi connectivity index (χ3n) is 3.21. The zero-order valence-corrected chi connectivity index (χ0v) is 13.3. The van der Waals surface area contributed by atoms with Crippen LogP contribution in [0.4, 0.5) is 0 Å². The molecule has 0 heterocycles. The van der Waals surface area contributed by atoms with Crippen molar-refractivity contribution in [3.05, 3.63) is 45.4 Å². The Morgan fingerprint density at radius 3 is 2.20 bits per heavy atom. The molecule has 5 heteroatoms. The van der Waals surface area contributed by atoms with E-state index in [9.17, 15) is 9.59 Å². The van der Waals surface area contributed by atoms with E-state index < -0.39 is 5.97 Å². The zero-order chi connectivity index (χ0) is 15.3. The first-order valence-corrected chi connectivity index (χ1v) is 7.13. The maximum absolute atomic E-state index is 12.1. The minimum atomic E-state index is -1.07. The number of halogens is 1. The van der Waals surface area contributed by atoms with Crippen LogP contribution in [0.1, 0.15) is 38.8 Å². The number of carboxylic acid groups (broad SMARTS) is 1. The summed E-state index contributed by atoms with van der Waals surface area (Å²) in [7, 11) is 0. The molecule has 0 fully saturated rings. The molecule has 0 bridgehead atoms. The predicted octanol–water partition coefficient (Wildman–Crippen LogP) is 3.44. The monoisotopic (exact) mass is 339 g/mol. The van der Waals surface area contributed by atoms with Gasteiger partial charge >= 0.3 is 5.97 Å². The highest BCUT2D eigenvalue weighted by molar-refractivity contribution is 9.10. The van der Waals surface area contributed by atoms with E-state index in [4.69, 9.17) is 5.11 Å². The molecule has 0 aliphatic rings. The normalized spacial score (nSPS) is 13.4. The van der Waals surface area contributed by atoms with Crippen LogP contribution in [0, 0.1) is 0 Å². The summed E-state index contributed by atoms with van der Waals surface area (Å²) >= 11 is 3.37. The van der Waals surface area contributed by atoms with Gasteiger partial charge in [0, 0.05) is 15.6 Å². The van der Waals surface area contributed by atoms with Crippen LogP contribution >= 0.6 is 15.9 Å². The van der Waals surface area contributed by atoms with Crippen molar-refractivity contribution in [2.75, 3.05) is 0 Å². The van der Waals surface area contributed by atoms with Gasteiger partial charge in [-0.2, -0.15) is 0 Å². The van der Waals surface area contributed by atoms with Crippen molar-refractivity contribution in [2.24, 2.45) is 0 Å². The van der Waals surface area contributed by atoms with E-state index in [-0.39, 0.29) is 23.1 Å². The van der Waals surface area contributed by atoms with Crippen molar-refractivity contribution in [2.45, 2.75) is 33.2 Å². The first kappa shape index (κ1) is 16.4. The summed E-state index contributed by atoms with van der Waals surface area (Å²) in [5.74, 6) is -1.42. The van der Waals surface area contributed by atoms with Crippen molar-refractivity contribution >= 4 is 27.8 Å². The number of amides is 1. The smallest absolute Gasteiger partial charge is 0.331 e. The minimum Gasteiger partial charge on any atom is -0.478 e. The van der Waals surface area contributed by atoms with Gasteiger partial charge in [0.25, 0.3) is 0 Å². The van der Waals surface area contributed by atoms with Crippen LogP contribution in [0.25, 0.3) is 0 Å². The quantitative estimate of drug-likeness (QED) is 0.807. The van der Waals surface area contributed by atoms with E-state index in [0.29, 0.717) is 0 Å². The molecule has 108 valence electrons. The molecule has 0 spiro atoms. The molecule has 0 radical (unpaired) electrons. The van der Waals surface area contributed by atoms with Gasteiger partial charge in [0.1, 0.15) is 0 Å². The van der Waals surface area contributed by atoms with Crippen molar-refractivity contribution in [1.29, 1.82) is 0 Å². The van der Waals surface area contributed by atoms with Crippen LogP contribution in [0.2, 0.25) is 0 Å². The molecule has 20 heavy (non-hydrogen) atoms. The van der Waals surface area contributed by atoms with Gasteiger partial charge in [-0.1, -0.05) is 35.0 Å². The molecule has 0 saturated carbocycles. The van der Waals surface area contributed by atoms with Crippen molar-refractivity contribution < 1.29 is 14.7 Å². The van der Waals surface area contributed by atoms with Crippen molar-refractivity contribution in [3.8, 4) is 0 Å². The average molecular weight is 340 g/mol. The van der Waals surface area contributed by atoms with Gasteiger partial charge in [-0.15, -0.1) is 0 Å². The van der Waals surface area contributed by atoms with Gasteiger partial charge in [-0.25, -0.2) is 4.79 Å². The Balaban J connectivity index is 2.89. The summed E-state index contributed by atoms with van der Waals surface area (Å²) in [5.41, 5.74) is 1.28. The van der Waals surface area contributed by atoms with Gasteiger partial charge < -0.3 is 10.4 Å². The Hall–Kier alpha value is -1.62. The van der Waals surface area contributed by atoms with Crippen LogP contribution in [0.15, 0.2) is 39.9 Å². The molecule has 4 nitrogen and oxygen atoms in total. The van der Waals surface area contributed by atoms with E-state index in [1.807, 2.05) is 31.2 Å². The Labute approximate surface area is 127 Å². The van der Waals surface area contributed by atoms with Crippen LogP contribution in [-0.4, -0.2) is 17.0 Å². The fourth-order valence-electron chi connectivity index (χ4n) is 1.71. The highest BCUT2D eigenvalue weighted by Gasteiger charge is 2.17. The number of hydrogen-bond acceptors (Lipinski definition) is 2. The number of hydrogen-bond donors (Lipinski definition) is 2. The largest absolute Gasteiger partial charge is 0.478 e. The van der Waals surface area contributed by atoms with Crippen LogP contribution in [0.5, 0.6) is 0 Å². The van der Waals surface area contributed by atoms with Crippen LogP contribution in [-0.2, 0) is 9.59 Å². The Morgan fingerprint density at radius 1 is 1.20 bits per heavy atom. The zero-order valence-electron chi connectivity index (χ0n) is 11.7. The van der Waals surface area contributed by atoms with Gasteiger partial charge in [-0.3, -0.25) is 4.79 Å². The van der Waals surface area contributed by atoms with Gasteiger partial charge in [0.2, 0.25) is 5.91 Å². The number of carboxylic acids is 1. The topological polar surface area (TPSA) is 66.4 Å². The number of benzene rings is 1. The maximum atomic E-state index is 12.1. The second-order valence-corrected chi connectivity index (χ2v) is 5.46. The van der Waals surface area contributed by atoms with Gasteiger partial charge in [-0.05, 0) is 38.0 Å². The molecular formula is C15H18BrNO3. The van der Waals surface area contributed by atoms with Crippen molar-refractivity contribution in [1.82, 2.24) is 5.32 Å². The second kappa shape index (κ2) is 7.24. The molecular weight excluding hydrogens is 322 g/mol. The molecule has 1 unspecified atom stereocenters. The number of carbonyl (C=O) groups is 2. The van der Waals surface area contributed by atoms with Gasteiger partial charge in [0.05, 0.1) is 6.04 Å². The lowest BCUT2D eigenvalue weighted by molar-refractivity contribution is -0.133. The average Bonchev–Trinajstić information content (AvgIpc) is 2.43. The maximum Gasteiger partial charge on any atom is 0.331 e. The number of aliphatic carboxylic acids is 1. The van der Waals surface area contributed by atoms with Crippen LogP contribution < -0.4 is 5.32 Å². The third kappa shape index (κ3) is 4.20. The lowest BCUT2D eigenvalue weighted by atomic mass is 10.0. The number of nitrogens with one attached hydrogen (secondary N) is 1. The molecule has 1 atom stereocenters. The third-order valence-corrected chi connectivity index (χ3v) is 3.74. The Bertz CT molecular complexity index is 535. The molecule has 0 saturated heterocycles. The molecule has 1 amide bonds. The van der Waals surface area contributed by atoms with Crippen LogP contribution in [0.3, 0.4) is 0 Å². The number of rotatable bonds is 5. The van der Waals surface area contributed by atoms with E-state index >= 15 is 0 Å². The SMILES string of the molecule is CCC(NC(=O)C(C)=C(C)C(=O)O)c1ccc(Br)cc1. The van der Waals surface area contributed by atoms with Gasteiger partial charge in [0.15, 0.2) is 0 Å². The summed E-state index contributed by atoms with van der Waals surface area (Å²) < 4.78 is 0.972. The van der Waals surface area contributed by atoms with E-state index in [2.05, 4.69) is 21.2 Å². The summed E-state index contributed by atoms with van der Waals surface area (Å²) in [5, 5.41) is 11.8. The second-order valence-electron chi connectivity index (χ2n) is 4.54. The fourth-order valence-corrected chi connectivity index (χ4v) is 1.98. The molecule has 2 N–H and O–H groups in total. The Morgan fingerprint density at radius 2 is 1.75 bits per heavy atom. The molecule has 0 aliphatic carbocycles.